The second-order valence-electron chi connectivity index (χ2n) is 7.17. The Morgan fingerprint density at radius 2 is 1.75 bits per heavy atom. The van der Waals surface area contributed by atoms with Crippen molar-refractivity contribution in [3.63, 3.8) is 0 Å². The zero-order chi connectivity index (χ0) is 17.9. The number of nitrogens with one attached hydrogen (secondary N) is 1. The summed E-state index contributed by atoms with van der Waals surface area (Å²) in [6, 6.07) is 5.37. The Balaban J connectivity index is 1.99. The molecule has 6 heteroatoms. The molecule has 0 amide bonds. The van der Waals surface area contributed by atoms with Crippen LogP contribution in [-0.4, -0.2) is 40.3 Å². The first-order chi connectivity index (χ1) is 11.2. The molecule has 1 aliphatic rings. The van der Waals surface area contributed by atoms with Crippen molar-refractivity contribution >= 4 is 17.5 Å². The minimum atomic E-state index is -1.04. The van der Waals surface area contributed by atoms with E-state index in [-0.39, 0.29) is 35.7 Å². The van der Waals surface area contributed by atoms with Gasteiger partial charge in [-0.05, 0) is 29.5 Å². The Labute approximate surface area is 140 Å². The molecule has 1 aromatic rings. The topological polar surface area (TPSA) is 104 Å². The van der Waals surface area contributed by atoms with Gasteiger partial charge in [-0.25, -0.2) is 0 Å². The van der Waals surface area contributed by atoms with Crippen LogP contribution in [0.25, 0.3) is 0 Å². The van der Waals surface area contributed by atoms with Gasteiger partial charge in [0.1, 0.15) is 23.4 Å². The summed E-state index contributed by atoms with van der Waals surface area (Å²) in [5, 5.41) is 21.5. The molecule has 1 saturated carbocycles. The summed E-state index contributed by atoms with van der Waals surface area (Å²) in [6.07, 6.45) is 0.873. The average molecular weight is 333 g/mol. The quantitative estimate of drug-likeness (QED) is 0.683. The smallest absolute Gasteiger partial charge is 0.321 e. The highest BCUT2D eigenvalue weighted by Crippen LogP contribution is 2.33. The van der Waals surface area contributed by atoms with Crippen LogP contribution in [0.3, 0.4) is 0 Å². The third-order valence-corrected chi connectivity index (χ3v) is 4.33. The molecule has 1 aromatic carbocycles. The van der Waals surface area contributed by atoms with Gasteiger partial charge in [-0.2, -0.15) is 0 Å². The monoisotopic (exact) mass is 333 g/mol. The maximum Gasteiger partial charge on any atom is 0.321 e. The third kappa shape index (κ3) is 4.64. The maximum absolute atomic E-state index is 12.2. The molecule has 0 spiro atoms. The van der Waals surface area contributed by atoms with Crippen LogP contribution in [-0.2, 0) is 20.8 Å². The van der Waals surface area contributed by atoms with Gasteiger partial charge in [0.15, 0.2) is 0 Å². The molecule has 130 valence electrons. The molecule has 0 aromatic heterocycles. The first-order valence-corrected chi connectivity index (χ1v) is 7.97. The van der Waals surface area contributed by atoms with Crippen molar-refractivity contribution in [2.75, 3.05) is 6.54 Å². The van der Waals surface area contributed by atoms with Gasteiger partial charge in [-0.3, -0.25) is 14.4 Å². The van der Waals surface area contributed by atoms with Crippen LogP contribution in [0.4, 0.5) is 0 Å². The Morgan fingerprint density at radius 1 is 1.21 bits per heavy atom. The zero-order valence-electron chi connectivity index (χ0n) is 13.9. The molecule has 1 fully saturated rings. The number of carbonyl (C=O) groups excluding carboxylic acids is 2. The molecule has 0 radical (unpaired) electrons. The van der Waals surface area contributed by atoms with Crippen molar-refractivity contribution in [2.45, 2.75) is 39.2 Å². The molecular formula is C18H23NO5. The molecule has 0 saturated heterocycles. The van der Waals surface area contributed by atoms with Crippen LogP contribution in [0.15, 0.2) is 24.3 Å². The summed E-state index contributed by atoms with van der Waals surface area (Å²) in [5.74, 6) is -1.95. The molecule has 0 aliphatic heterocycles. The number of aromatic hydroxyl groups is 1. The summed E-state index contributed by atoms with van der Waals surface area (Å²) < 4.78 is 0. The van der Waals surface area contributed by atoms with Crippen LogP contribution in [0.5, 0.6) is 5.75 Å². The number of hydrogen-bond donors (Lipinski definition) is 3. The van der Waals surface area contributed by atoms with Crippen LogP contribution in [0, 0.1) is 11.3 Å². The summed E-state index contributed by atoms with van der Waals surface area (Å²) in [7, 11) is 0. The van der Waals surface area contributed by atoms with Gasteiger partial charge in [-0.15, -0.1) is 0 Å². The molecular weight excluding hydrogens is 310 g/mol. The highest BCUT2D eigenvalue weighted by atomic mass is 16.4. The van der Waals surface area contributed by atoms with Crippen molar-refractivity contribution in [1.82, 2.24) is 5.32 Å². The number of phenols is 1. The number of carboxylic acids is 1. The number of ketones is 2. The fourth-order valence-corrected chi connectivity index (χ4v) is 3.03. The fraction of sp³-hybridized carbons (Fsp3) is 0.500. The molecule has 24 heavy (non-hydrogen) atoms. The summed E-state index contributed by atoms with van der Waals surface area (Å²) >= 11 is 0. The standard InChI is InChI=1S/C18H23NO5/c1-18(2)8-15(21)13(16(22)9-18)10-19-14(17(23)24)7-11-3-5-12(20)6-4-11/h3-6,13-14,19-20H,7-10H2,1-2H3,(H,23,24)/t14-/m0/s1. The second kappa shape index (κ2) is 7.13. The van der Waals surface area contributed by atoms with E-state index in [0.29, 0.717) is 12.8 Å². The number of carboxylic acid groups (broad SMARTS) is 1. The lowest BCUT2D eigenvalue weighted by Gasteiger charge is -2.32. The van der Waals surface area contributed by atoms with Gasteiger partial charge >= 0.3 is 5.97 Å². The molecule has 1 atom stereocenters. The number of Topliss-reactive ketones (excluding diaryl/α,β-unsaturated/α-hetero) is 2. The Bertz CT molecular complexity index is 615. The molecule has 1 aliphatic carbocycles. The fourth-order valence-electron chi connectivity index (χ4n) is 3.03. The Hall–Kier alpha value is -2.21. The zero-order valence-corrected chi connectivity index (χ0v) is 13.9. The number of hydrogen-bond acceptors (Lipinski definition) is 5. The van der Waals surface area contributed by atoms with E-state index in [9.17, 15) is 24.6 Å². The number of rotatable bonds is 6. The van der Waals surface area contributed by atoms with Crippen LogP contribution in [0.2, 0.25) is 0 Å². The van der Waals surface area contributed by atoms with Gasteiger partial charge in [0.2, 0.25) is 0 Å². The van der Waals surface area contributed by atoms with Gasteiger partial charge < -0.3 is 15.5 Å². The van der Waals surface area contributed by atoms with Crippen LogP contribution >= 0.6 is 0 Å². The average Bonchev–Trinajstić information content (AvgIpc) is 2.45. The molecule has 0 unspecified atom stereocenters. The van der Waals surface area contributed by atoms with Gasteiger partial charge in [0, 0.05) is 19.4 Å². The number of benzene rings is 1. The van der Waals surface area contributed by atoms with E-state index >= 15 is 0 Å². The van der Waals surface area contributed by atoms with E-state index in [0.717, 1.165) is 5.56 Å². The molecule has 6 nitrogen and oxygen atoms in total. The van der Waals surface area contributed by atoms with E-state index in [4.69, 9.17) is 0 Å². The SMILES string of the molecule is CC1(C)CC(=O)C(CN[C@@H](Cc2ccc(O)cc2)C(=O)O)C(=O)C1. The minimum absolute atomic E-state index is 0.0444. The first-order valence-electron chi connectivity index (χ1n) is 7.97. The Morgan fingerprint density at radius 3 is 2.25 bits per heavy atom. The van der Waals surface area contributed by atoms with Crippen molar-refractivity contribution in [2.24, 2.45) is 11.3 Å². The first kappa shape index (κ1) is 18.1. The Kier molecular flexibility index (Phi) is 5.39. The van der Waals surface area contributed by atoms with Crippen LogP contribution in [0.1, 0.15) is 32.3 Å². The van der Waals surface area contributed by atoms with E-state index in [1.807, 2.05) is 13.8 Å². The highest BCUT2D eigenvalue weighted by molar-refractivity contribution is 6.05. The van der Waals surface area contributed by atoms with E-state index in [1.165, 1.54) is 12.1 Å². The molecule has 2 rings (SSSR count). The second-order valence-corrected chi connectivity index (χ2v) is 7.17. The van der Waals surface area contributed by atoms with E-state index < -0.39 is 17.9 Å². The van der Waals surface area contributed by atoms with Crippen LogP contribution < -0.4 is 5.32 Å². The summed E-state index contributed by atoms with van der Waals surface area (Å²) in [4.78, 5) is 35.8. The molecule has 0 heterocycles. The lowest BCUT2D eigenvalue weighted by molar-refractivity contribution is -0.142. The number of phenolic OH excluding ortho intramolecular Hbond substituents is 1. The largest absolute Gasteiger partial charge is 0.508 e. The number of carbonyl (C=O) groups is 3. The van der Waals surface area contributed by atoms with Gasteiger partial charge in [0.25, 0.3) is 0 Å². The highest BCUT2D eigenvalue weighted by Gasteiger charge is 2.39. The van der Waals surface area contributed by atoms with Crippen molar-refractivity contribution < 1.29 is 24.6 Å². The normalized spacial score (nSPS) is 19.2. The molecule has 3 N–H and O–H groups in total. The summed E-state index contributed by atoms with van der Waals surface area (Å²) in [5.41, 5.74) is 0.429. The predicted octanol–water partition coefficient (Wildman–Crippen LogP) is 1.55. The van der Waals surface area contributed by atoms with Gasteiger partial charge in [0.05, 0.1) is 5.92 Å². The summed E-state index contributed by atoms with van der Waals surface area (Å²) in [6.45, 7) is 3.82. The van der Waals surface area contributed by atoms with E-state index in [1.54, 1.807) is 12.1 Å². The minimum Gasteiger partial charge on any atom is -0.508 e. The van der Waals surface area contributed by atoms with Gasteiger partial charge in [-0.1, -0.05) is 26.0 Å². The lowest BCUT2D eigenvalue weighted by atomic mass is 9.71. The lowest BCUT2D eigenvalue weighted by Crippen LogP contribution is -2.47. The van der Waals surface area contributed by atoms with Crippen molar-refractivity contribution in [3.05, 3.63) is 29.8 Å². The predicted molar refractivity (Wildman–Crippen MR) is 87.8 cm³/mol. The van der Waals surface area contributed by atoms with Crippen molar-refractivity contribution in [1.29, 1.82) is 0 Å². The maximum atomic E-state index is 12.2. The third-order valence-electron chi connectivity index (χ3n) is 4.33. The number of aliphatic carboxylic acids is 1. The van der Waals surface area contributed by atoms with Crippen molar-refractivity contribution in [3.8, 4) is 5.75 Å². The van der Waals surface area contributed by atoms with E-state index in [2.05, 4.69) is 5.32 Å². The molecule has 0 bridgehead atoms.